The highest BCUT2D eigenvalue weighted by Crippen LogP contribution is 2.35. The predicted octanol–water partition coefficient (Wildman–Crippen LogP) is 1.20. The van der Waals surface area contributed by atoms with E-state index in [-0.39, 0.29) is 5.76 Å². The molecule has 0 bridgehead atoms. The summed E-state index contributed by atoms with van der Waals surface area (Å²) in [6.07, 6.45) is 0. The van der Waals surface area contributed by atoms with E-state index >= 15 is 0 Å². The first-order valence-electron chi connectivity index (χ1n) is 3.69. The molecule has 69 valence electrons. The van der Waals surface area contributed by atoms with Crippen LogP contribution in [0.1, 0.15) is 0 Å². The summed E-state index contributed by atoms with van der Waals surface area (Å²) in [6.45, 7) is 21.5. The second kappa shape index (κ2) is 2.82. The molecule has 0 spiro atoms. The van der Waals surface area contributed by atoms with Gasteiger partial charge in [0.1, 0.15) is 5.60 Å². The smallest absolute Gasteiger partial charge is 0.546 e. The summed E-state index contributed by atoms with van der Waals surface area (Å²) in [5, 5.41) is 0. The van der Waals surface area contributed by atoms with Gasteiger partial charge in [0.2, 0.25) is 5.60 Å². The highest BCUT2D eigenvalue weighted by atomic mass is 16.8. The maximum Gasteiger partial charge on any atom is 0.715 e. The van der Waals surface area contributed by atoms with Crippen LogP contribution in [0.3, 0.4) is 0 Å². The largest absolute Gasteiger partial charge is 0.715 e. The lowest BCUT2D eigenvalue weighted by atomic mass is 9.90. The first kappa shape index (κ1) is 10.2. The molecule has 1 radical (unpaired) electrons. The molecule has 1 saturated heterocycles. The van der Waals surface area contributed by atoms with Gasteiger partial charge >= 0.3 is 7.32 Å². The number of hydrogen-bond acceptors (Lipinski definition) is 3. The molecule has 0 aliphatic carbocycles. The van der Waals surface area contributed by atoms with Gasteiger partial charge in [0.05, 0.1) is 13.8 Å². The third kappa shape index (κ3) is 1.90. The number of allylic oxidation sites excluding steroid dienone is 1. The minimum atomic E-state index is -1.09. The van der Waals surface area contributed by atoms with Crippen LogP contribution in [0.2, 0.25) is 0 Å². The molecule has 3 nitrogen and oxygen atoms in total. The molecule has 1 aliphatic rings. The quantitative estimate of drug-likeness (QED) is 0.362. The van der Waals surface area contributed by atoms with E-state index in [1.165, 1.54) is 0 Å². The van der Waals surface area contributed by atoms with Gasteiger partial charge in [-0.05, 0) is 0 Å². The summed E-state index contributed by atoms with van der Waals surface area (Å²) in [4.78, 5) is 0. The van der Waals surface area contributed by atoms with Crippen molar-refractivity contribution in [1.29, 1.82) is 0 Å². The average molecular weight is 179 g/mol. The Morgan fingerprint density at radius 1 is 1.46 bits per heavy atom. The summed E-state index contributed by atoms with van der Waals surface area (Å²) in [6, 6.07) is 0. The zero-order valence-corrected chi connectivity index (χ0v) is 7.54. The zero-order chi connectivity index (χ0) is 10.3. The van der Waals surface area contributed by atoms with Crippen LogP contribution < -0.4 is 0 Å². The third-order valence-corrected chi connectivity index (χ3v) is 1.74. The maximum atomic E-state index is 5.18. The molecule has 0 atom stereocenters. The fourth-order valence-electron chi connectivity index (χ4n) is 0.791. The van der Waals surface area contributed by atoms with Crippen molar-refractivity contribution in [3.8, 4) is 0 Å². The molecule has 0 amide bonds. The Kier molecular flexibility index (Phi) is 2.22. The summed E-state index contributed by atoms with van der Waals surface area (Å²) in [5.74, 6) is 0.235. The van der Waals surface area contributed by atoms with Gasteiger partial charge in [0.25, 0.3) is 0 Å². The zero-order valence-electron chi connectivity index (χ0n) is 7.54. The van der Waals surface area contributed by atoms with Crippen LogP contribution in [0, 0.1) is 34.6 Å². The van der Waals surface area contributed by atoms with E-state index in [0.29, 0.717) is 0 Å². The first-order valence-corrected chi connectivity index (χ1v) is 3.69. The minimum Gasteiger partial charge on any atom is -0.546 e. The van der Waals surface area contributed by atoms with E-state index in [9.17, 15) is 0 Å². The van der Waals surface area contributed by atoms with Gasteiger partial charge in [0.15, 0.2) is 0 Å². The molecule has 1 fully saturated rings. The van der Waals surface area contributed by atoms with E-state index in [0.717, 1.165) is 0 Å². The van der Waals surface area contributed by atoms with Gasteiger partial charge in [-0.15, -0.1) is 0 Å². The van der Waals surface area contributed by atoms with Crippen LogP contribution in [-0.4, -0.2) is 18.5 Å². The van der Waals surface area contributed by atoms with Crippen molar-refractivity contribution in [2.24, 2.45) is 0 Å². The molecule has 13 heavy (non-hydrogen) atoms. The van der Waals surface area contributed by atoms with Crippen LogP contribution in [0.25, 0.3) is 0 Å². The Balaban J connectivity index is 2.65. The number of rotatable bonds is 2. The van der Waals surface area contributed by atoms with Gasteiger partial charge in [-0.3, -0.25) is 6.92 Å². The van der Waals surface area contributed by atoms with Crippen molar-refractivity contribution in [3.05, 3.63) is 47.0 Å². The fourth-order valence-corrected chi connectivity index (χ4v) is 0.791. The van der Waals surface area contributed by atoms with Gasteiger partial charge in [-0.25, -0.2) is 13.5 Å². The minimum absolute atomic E-state index is 0.235. The highest BCUT2D eigenvalue weighted by Gasteiger charge is 2.60. The van der Waals surface area contributed by atoms with Crippen molar-refractivity contribution in [1.82, 2.24) is 0 Å². The van der Waals surface area contributed by atoms with Crippen molar-refractivity contribution in [2.45, 2.75) is 11.2 Å². The van der Waals surface area contributed by atoms with Crippen LogP contribution in [0.4, 0.5) is 0 Å². The van der Waals surface area contributed by atoms with Crippen molar-refractivity contribution < 1.29 is 14.0 Å². The first-order chi connectivity index (χ1) is 5.74. The molecule has 0 aromatic heterocycles. The van der Waals surface area contributed by atoms with Crippen LogP contribution in [-0.2, 0) is 14.0 Å². The molecular weight excluding hydrogens is 167 g/mol. The number of hydrogen-bond donors (Lipinski definition) is 0. The van der Waals surface area contributed by atoms with Gasteiger partial charge in [-0.2, -0.15) is 0 Å². The monoisotopic (exact) mass is 179 g/mol. The molecule has 0 saturated carbocycles. The lowest BCUT2D eigenvalue weighted by Gasteiger charge is -2.24. The molecule has 0 aromatic rings. The Bertz CT molecular complexity index is 207. The molecule has 1 rings (SSSR count). The molecule has 1 heterocycles. The summed E-state index contributed by atoms with van der Waals surface area (Å²) >= 11 is 0. The van der Waals surface area contributed by atoms with Gasteiger partial charge < -0.3 is 14.0 Å². The fraction of sp³-hybridized carbons (Fsp3) is 0.222. The topological polar surface area (TPSA) is 27.7 Å². The van der Waals surface area contributed by atoms with E-state index in [4.69, 9.17) is 14.0 Å². The molecule has 0 unspecified atom stereocenters. The summed E-state index contributed by atoms with van der Waals surface area (Å²) in [5.41, 5.74) is -2.18. The summed E-state index contributed by atoms with van der Waals surface area (Å²) < 4.78 is 15.3. The second-order valence-corrected chi connectivity index (χ2v) is 3.17. The molecule has 1 aliphatic heterocycles. The lowest BCUT2D eigenvalue weighted by molar-refractivity contribution is 0.0917. The van der Waals surface area contributed by atoms with Gasteiger partial charge in [0, 0.05) is 6.92 Å². The maximum absolute atomic E-state index is 5.18. The molecule has 0 N–H and O–H groups in total. The molecule has 0 aromatic carbocycles. The predicted molar refractivity (Wildman–Crippen MR) is 50.4 cm³/mol. The SMILES string of the molecule is [CH2]C1([CH2+])OB(OC(=C)[CH2-])OC1([CH2+])[CH2-]. The normalized spacial score (nSPS) is 39.1. The highest BCUT2D eigenvalue weighted by molar-refractivity contribution is 6.38. The van der Waals surface area contributed by atoms with E-state index < -0.39 is 18.5 Å². The molecular formula is C9H12BO3. The Morgan fingerprint density at radius 3 is 2.31 bits per heavy atom. The van der Waals surface area contributed by atoms with E-state index in [1.807, 2.05) is 0 Å². The van der Waals surface area contributed by atoms with E-state index in [2.05, 4.69) is 41.2 Å². The van der Waals surface area contributed by atoms with E-state index in [1.54, 1.807) is 0 Å². The summed E-state index contributed by atoms with van der Waals surface area (Å²) in [7, 11) is -0.935. The van der Waals surface area contributed by atoms with Crippen molar-refractivity contribution in [3.63, 3.8) is 0 Å². The third-order valence-electron chi connectivity index (χ3n) is 1.74. The Hall–Kier alpha value is -0.865. The van der Waals surface area contributed by atoms with Gasteiger partial charge in [-0.1, -0.05) is 5.76 Å². The van der Waals surface area contributed by atoms with Crippen LogP contribution >= 0.6 is 0 Å². The van der Waals surface area contributed by atoms with Crippen LogP contribution in [0.5, 0.6) is 0 Å². The standard InChI is InChI=1S/C9H12BO3/c1-7(2)11-10-12-8(3,4)9(5,6)13-10/h1-6H2. The average Bonchev–Trinajstić information content (AvgIpc) is 1.98. The second-order valence-electron chi connectivity index (χ2n) is 3.17. The van der Waals surface area contributed by atoms with Crippen molar-refractivity contribution >= 4 is 7.32 Å². The lowest BCUT2D eigenvalue weighted by Crippen LogP contribution is -2.43. The molecule has 4 heteroatoms. The Labute approximate surface area is 80.2 Å². The Morgan fingerprint density at radius 2 is 2.00 bits per heavy atom. The van der Waals surface area contributed by atoms with Crippen molar-refractivity contribution in [2.75, 3.05) is 0 Å². The van der Waals surface area contributed by atoms with Crippen LogP contribution in [0.15, 0.2) is 12.3 Å².